The van der Waals surface area contributed by atoms with Crippen molar-refractivity contribution in [1.82, 2.24) is 5.32 Å². The smallest absolute Gasteiger partial charge is 0.255 e. The van der Waals surface area contributed by atoms with Crippen LogP contribution in [0.1, 0.15) is 58.6 Å². The number of nitrogens with one attached hydrogen (secondary N) is 2. The summed E-state index contributed by atoms with van der Waals surface area (Å²) in [5, 5.41) is 11.2. The minimum absolute atomic E-state index is 0.0492. The predicted molar refractivity (Wildman–Crippen MR) is 202 cm³/mol. The van der Waals surface area contributed by atoms with Gasteiger partial charge in [0.25, 0.3) is 5.91 Å². The number of hydrogen-bond acceptors (Lipinski definition) is 12. The van der Waals surface area contributed by atoms with E-state index in [0.717, 1.165) is 35.2 Å². The van der Waals surface area contributed by atoms with Crippen molar-refractivity contribution < 1.29 is 47.5 Å². The third-order valence-corrected chi connectivity index (χ3v) is 10.0. The number of hydrogen-bond donors (Lipinski definition) is 2. The van der Waals surface area contributed by atoms with Gasteiger partial charge in [-0.25, -0.2) is 0 Å². The first-order chi connectivity index (χ1) is 26.2. The summed E-state index contributed by atoms with van der Waals surface area (Å²) in [6, 6.07) is 18.3. The Bertz CT molecular complexity index is 2020. The van der Waals surface area contributed by atoms with E-state index in [2.05, 4.69) is 15.8 Å². The molecule has 0 bridgehead atoms. The Labute approximate surface area is 318 Å². The summed E-state index contributed by atoms with van der Waals surface area (Å²) in [5.41, 5.74) is 4.40. The van der Waals surface area contributed by atoms with Gasteiger partial charge in [0, 0.05) is 28.3 Å². The van der Waals surface area contributed by atoms with Crippen LogP contribution in [0, 0.1) is 5.92 Å². The average Bonchev–Trinajstić information content (AvgIpc) is 3.68. The van der Waals surface area contributed by atoms with E-state index in [1.165, 1.54) is 0 Å². The predicted octanol–water partition coefficient (Wildman–Crippen LogP) is 7.35. The van der Waals surface area contributed by atoms with E-state index in [4.69, 9.17) is 54.3 Å². The van der Waals surface area contributed by atoms with Crippen LogP contribution >= 0.6 is 11.6 Å². The van der Waals surface area contributed by atoms with E-state index >= 15 is 0 Å². The molecule has 1 aliphatic carbocycles. The number of carbonyl (C=O) groups is 1. The Morgan fingerprint density at radius 3 is 2.02 bits per heavy atom. The maximum atomic E-state index is 12.7. The molecule has 0 radical (unpaired) electrons. The summed E-state index contributed by atoms with van der Waals surface area (Å²) in [7, 11) is 9.51. The molecule has 4 aromatic rings. The molecule has 0 spiro atoms. The largest absolute Gasteiger partial charge is 0.493 e. The molecule has 4 aromatic carbocycles. The minimum atomic E-state index is -0.438. The van der Waals surface area contributed by atoms with Gasteiger partial charge in [-0.3, -0.25) is 4.79 Å². The summed E-state index contributed by atoms with van der Waals surface area (Å²) >= 11 is 6.08. The molecule has 1 amide bonds. The Hall–Kier alpha value is -5.69. The van der Waals surface area contributed by atoms with Crippen LogP contribution in [0.4, 0.5) is 5.69 Å². The lowest BCUT2D eigenvalue weighted by molar-refractivity contribution is 0.0345. The Morgan fingerprint density at radius 1 is 0.722 bits per heavy atom. The van der Waals surface area contributed by atoms with E-state index in [-0.39, 0.29) is 24.0 Å². The van der Waals surface area contributed by atoms with Crippen molar-refractivity contribution in [3.63, 3.8) is 0 Å². The number of fused-ring (bicyclic) bond motifs is 1. The first-order valence-electron chi connectivity index (χ1n) is 17.4. The monoisotopic (exact) mass is 759 g/mol. The number of anilines is 1. The molecule has 0 saturated heterocycles. The van der Waals surface area contributed by atoms with Gasteiger partial charge in [-0.15, -0.1) is 0 Å². The zero-order valence-electron chi connectivity index (χ0n) is 30.8. The Morgan fingerprint density at radius 2 is 1.37 bits per heavy atom. The first-order valence-corrected chi connectivity index (χ1v) is 17.8. The van der Waals surface area contributed by atoms with Crippen molar-refractivity contribution in [2.45, 2.75) is 37.6 Å². The molecule has 54 heavy (non-hydrogen) atoms. The van der Waals surface area contributed by atoms with Crippen molar-refractivity contribution in [3.8, 4) is 46.0 Å². The Kier molecular flexibility index (Phi) is 10.7. The highest BCUT2D eigenvalue weighted by atomic mass is 35.5. The lowest BCUT2D eigenvalue weighted by Gasteiger charge is -2.36. The summed E-state index contributed by atoms with van der Waals surface area (Å²) in [6.07, 6.45) is 1.23. The zero-order chi connectivity index (χ0) is 37.9. The van der Waals surface area contributed by atoms with E-state index in [1.807, 2.05) is 42.5 Å². The van der Waals surface area contributed by atoms with Gasteiger partial charge in [-0.2, -0.15) is 0 Å². The zero-order valence-corrected chi connectivity index (χ0v) is 31.6. The van der Waals surface area contributed by atoms with Crippen molar-refractivity contribution in [2.75, 3.05) is 54.6 Å². The van der Waals surface area contributed by atoms with Gasteiger partial charge >= 0.3 is 0 Å². The van der Waals surface area contributed by atoms with E-state index in [1.54, 1.807) is 60.9 Å². The topological polar surface area (TPSA) is 137 Å². The highest BCUT2D eigenvalue weighted by Gasteiger charge is 2.34. The van der Waals surface area contributed by atoms with Crippen LogP contribution < -0.4 is 48.5 Å². The molecule has 2 aliphatic heterocycles. The van der Waals surface area contributed by atoms with Crippen LogP contribution in [0.3, 0.4) is 0 Å². The number of amides is 1. The lowest BCUT2D eigenvalue weighted by Crippen LogP contribution is -2.38. The minimum Gasteiger partial charge on any atom is -0.493 e. The van der Waals surface area contributed by atoms with Gasteiger partial charge in [0.15, 0.2) is 40.6 Å². The second-order valence-electron chi connectivity index (χ2n) is 13.0. The Balaban J connectivity index is 0.957. The normalized spacial score (nSPS) is 19.8. The van der Waals surface area contributed by atoms with Crippen molar-refractivity contribution in [3.05, 3.63) is 87.9 Å². The molecule has 1 saturated carbocycles. The number of carbonyl (C=O) groups excluding carboxylic acids is 1. The second kappa shape index (κ2) is 15.7. The van der Waals surface area contributed by atoms with Crippen molar-refractivity contribution >= 4 is 28.9 Å². The number of halogens is 1. The third-order valence-electron chi connectivity index (χ3n) is 9.80. The van der Waals surface area contributed by atoms with Crippen LogP contribution in [0.2, 0.25) is 5.02 Å². The number of rotatable bonds is 14. The molecular formula is C40H42ClN3O10. The van der Waals surface area contributed by atoms with Gasteiger partial charge in [0.05, 0.1) is 66.6 Å². The maximum Gasteiger partial charge on any atom is 0.255 e. The fraction of sp³-hybridized carbons (Fsp3) is 0.350. The number of ether oxygens (including phenoxy) is 8. The molecule has 2 N–H and O–H groups in total. The molecular weight excluding hydrogens is 718 g/mol. The number of nitrogens with zero attached hydrogens (tertiary/aromatic N) is 1. The number of oxime groups is 1. The van der Waals surface area contributed by atoms with Crippen molar-refractivity contribution in [2.24, 2.45) is 11.1 Å². The van der Waals surface area contributed by atoms with Gasteiger partial charge in [-0.05, 0) is 78.9 Å². The molecule has 14 heteroatoms. The van der Waals surface area contributed by atoms with Gasteiger partial charge in [0.1, 0.15) is 6.17 Å². The molecule has 3 aliphatic rings. The van der Waals surface area contributed by atoms with Crippen LogP contribution in [-0.4, -0.2) is 67.0 Å². The summed E-state index contributed by atoms with van der Waals surface area (Å²) < 4.78 is 46.4. The lowest BCUT2D eigenvalue weighted by atomic mass is 9.83. The number of methoxy groups -OCH3 is 6. The van der Waals surface area contributed by atoms with Gasteiger partial charge in [-0.1, -0.05) is 22.8 Å². The fourth-order valence-electron chi connectivity index (χ4n) is 6.84. The third kappa shape index (κ3) is 7.28. The van der Waals surface area contributed by atoms with Crippen LogP contribution in [-0.2, 0) is 4.84 Å². The first kappa shape index (κ1) is 36.7. The quantitative estimate of drug-likeness (QED) is 0.134. The average molecular weight is 760 g/mol. The standard InChI is InChI=1S/C40H42ClN3O10/c1-46-32-13-22(39-42-28-9-8-25(41)18-27(28)40(45)43-39)7-10-30(32)52-20-21-11-26(12-21)53-38-35(49-4)14-23(15-36(38)50-5)29-19-31(54-44-29)24-16-33(47-2)37(51-6)34(17-24)48-3/h7-10,13-18,21,26,31,39,42H,11-12,19-20H2,1-6H3,(H,43,45). The highest BCUT2D eigenvalue weighted by molar-refractivity contribution is 6.31. The molecule has 7 rings (SSSR count). The summed E-state index contributed by atoms with van der Waals surface area (Å²) in [4.78, 5) is 18.6. The molecule has 284 valence electrons. The van der Waals surface area contributed by atoms with Gasteiger partial charge in [0.2, 0.25) is 11.5 Å². The van der Waals surface area contributed by atoms with Crippen LogP contribution in [0.5, 0.6) is 46.0 Å². The van der Waals surface area contributed by atoms with E-state index in [0.29, 0.717) is 75.3 Å². The van der Waals surface area contributed by atoms with Crippen LogP contribution in [0.25, 0.3) is 0 Å². The van der Waals surface area contributed by atoms with E-state index in [9.17, 15) is 4.79 Å². The molecule has 1 fully saturated rings. The molecule has 2 atom stereocenters. The molecule has 2 unspecified atom stereocenters. The van der Waals surface area contributed by atoms with Crippen LogP contribution in [0.15, 0.2) is 65.8 Å². The molecule has 0 aromatic heterocycles. The molecule has 2 heterocycles. The second-order valence-corrected chi connectivity index (χ2v) is 13.5. The summed E-state index contributed by atoms with van der Waals surface area (Å²) in [6.45, 7) is 0.488. The molecule has 13 nitrogen and oxygen atoms in total. The fourth-order valence-corrected chi connectivity index (χ4v) is 7.01. The maximum absolute atomic E-state index is 12.7. The SMILES string of the molecule is COc1cc(C2NC(=O)c3cc(Cl)ccc3N2)ccc1OCC1CC(Oc2c(OC)cc(C3=NOC(c4cc(OC)c(OC)c(OC)c4)C3)cc2OC)C1. The highest BCUT2D eigenvalue weighted by Crippen LogP contribution is 2.46. The van der Waals surface area contributed by atoms with Crippen molar-refractivity contribution in [1.29, 1.82) is 0 Å². The number of benzene rings is 4. The van der Waals surface area contributed by atoms with Gasteiger partial charge < -0.3 is 53.4 Å². The van der Waals surface area contributed by atoms with E-state index < -0.39 is 6.17 Å². The summed E-state index contributed by atoms with van der Waals surface area (Å²) in [5.74, 6) is 4.43.